The van der Waals surface area contributed by atoms with Crippen molar-refractivity contribution in [3.63, 3.8) is 0 Å². The van der Waals surface area contributed by atoms with Gasteiger partial charge in [0.05, 0.1) is 5.69 Å². The van der Waals surface area contributed by atoms with Gasteiger partial charge in [0, 0.05) is 10.6 Å². The topological polar surface area (TPSA) is 78.0 Å². The van der Waals surface area contributed by atoms with E-state index in [1.54, 1.807) is 18.7 Å². The smallest absolute Gasteiger partial charge is 0.341 e. The lowest BCUT2D eigenvalue weighted by atomic mass is 10.2. The van der Waals surface area contributed by atoms with E-state index in [4.69, 9.17) is 5.11 Å². The lowest BCUT2D eigenvalue weighted by Gasteiger charge is -2.08. The molecule has 0 saturated carbocycles. The number of rotatable bonds is 4. The lowest BCUT2D eigenvalue weighted by Crippen LogP contribution is -2.02. The third kappa shape index (κ3) is 2.33. The standard InChI is InChI=1S/C12H13N3O2S/c1-7-10(12(16)17)11(15-14-7)13-8-5-3-4-6-9(8)18-2/h3-6H,1-2H3,(H,16,17)(H2,13,14,15). The Hall–Kier alpha value is -1.95. The molecule has 0 amide bonds. The average Bonchev–Trinajstić information content (AvgIpc) is 2.71. The maximum atomic E-state index is 11.1. The van der Waals surface area contributed by atoms with Crippen LogP contribution in [-0.4, -0.2) is 27.5 Å². The van der Waals surface area contributed by atoms with Gasteiger partial charge >= 0.3 is 5.97 Å². The van der Waals surface area contributed by atoms with E-state index in [9.17, 15) is 4.79 Å². The van der Waals surface area contributed by atoms with Crippen LogP contribution in [0.2, 0.25) is 0 Å². The number of nitrogens with one attached hydrogen (secondary N) is 2. The Kier molecular flexibility index (Phi) is 3.57. The molecule has 1 heterocycles. The Morgan fingerprint density at radius 1 is 1.44 bits per heavy atom. The number of hydrogen-bond donors (Lipinski definition) is 3. The molecule has 2 aromatic rings. The number of aromatic carboxylic acids is 1. The van der Waals surface area contributed by atoms with Crippen LogP contribution in [0.1, 0.15) is 16.1 Å². The van der Waals surface area contributed by atoms with Gasteiger partial charge in [-0.3, -0.25) is 5.10 Å². The van der Waals surface area contributed by atoms with Gasteiger partial charge in [-0.1, -0.05) is 12.1 Å². The van der Waals surface area contributed by atoms with Crippen LogP contribution in [0.3, 0.4) is 0 Å². The second-order valence-electron chi connectivity index (χ2n) is 3.70. The van der Waals surface area contributed by atoms with Crippen molar-refractivity contribution in [3.8, 4) is 0 Å². The number of hydrogen-bond acceptors (Lipinski definition) is 4. The fourth-order valence-electron chi connectivity index (χ4n) is 1.66. The summed E-state index contributed by atoms with van der Waals surface area (Å²) in [5.41, 5.74) is 1.55. The number of anilines is 2. The Morgan fingerprint density at radius 3 is 2.83 bits per heavy atom. The Bertz CT molecular complexity index is 580. The first-order chi connectivity index (χ1) is 8.63. The van der Waals surface area contributed by atoms with Gasteiger partial charge in [-0.2, -0.15) is 5.10 Å². The van der Waals surface area contributed by atoms with Crippen LogP contribution in [0.15, 0.2) is 29.2 Å². The summed E-state index contributed by atoms with van der Waals surface area (Å²) >= 11 is 1.59. The maximum absolute atomic E-state index is 11.1. The minimum absolute atomic E-state index is 0.172. The lowest BCUT2D eigenvalue weighted by molar-refractivity contribution is 0.0697. The Labute approximate surface area is 109 Å². The van der Waals surface area contributed by atoms with Crippen molar-refractivity contribution in [1.82, 2.24) is 10.2 Å². The largest absolute Gasteiger partial charge is 0.477 e. The molecule has 0 unspecified atom stereocenters. The number of nitrogens with zero attached hydrogens (tertiary/aromatic N) is 1. The van der Waals surface area contributed by atoms with E-state index < -0.39 is 5.97 Å². The normalized spacial score (nSPS) is 10.3. The van der Waals surface area contributed by atoms with Crippen molar-refractivity contribution in [1.29, 1.82) is 0 Å². The molecule has 1 aromatic carbocycles. The number of benzene rings is 1. The van der Waals surface area contributed by atoms with Crippen molar-refractivity contribution in [2.75, 3.05) is 11.6 Å². The number of H-pyrrole nitrogens is 1. The number of aryl methyl sites for hydroxylation is 1. The summed E-state index contributed by atoms with van der Waals surface area (Å²) in [4.78, 5) is 12.2. The zero-order valence-corrected chi connectivity index (χ0v) is 10.8. The van der Waals surface area contributed by atoms with Gasteiger partial charge in [0.1, 0.15) is 5.56 Å². The summed E-state index contributed by atoms with van der Waals surface area (Å²) in [6.07, 6.45) is 1.97. The van der Waals surface area contributed by atoms with Gasteiger partial charge in [-0.05, 0) is 25.3 Å². The first kappa shape index (κ1) is 12.5. The number of aromatic amines is 1. The predicted octanol–water partition coefficient (Wildman–Crippen LogP) is 2.88. The minimum Gasteiger partial charge on any atom is -0.477 e. The molecule has 6 heteroatoms. The van der Waals surface area contributed by atoms with Crippen LogP contribution < -0.4 is 5.32 Å². The second-order valence-corrected chi connectivity index (χ2v) is 4.55. The van der Waals surface area contributed by atoms with Crippen LogP contribution in [-0.2, 0) is 0 Å². The van der Waals surface area contributed by atoms with Crippen LogP contribution in [0.4, 0.5) is 11.5 Å². The molecule has 94 valence electrons. The van der Waals surface area contributed by atoms with Gasteiger partial charge in [0.2, 0.25) is 0 Å². The molecule has 3 N–H and O–H groups in total. The van der Waals surface area contributed by atoms with Gasteiger partial charge in [-0.25, -0.2) is 4.79 Å². The molecular weight excluding hydrogens is 250 g/mol. The molecule has 1 aromatic heterocycles. The Balaban J connectivity index is 2.37. The highest BCUT2D eigenvalue weighted by molar-refractivity contribution is 7.98. The van der Waals surface area contributed by atoms with E-state index in [0.29, 0.717) is 11.5 Å². The third-order valence-corrected chi connectivity index (χ3v) is 3.32. The van der Waals surface area contributed by atoms with Crippen LogP contribution >= 0.6 is 11.8 Å². The van der Waals surface area contributed by atoms with Gasteiger partial charge in [0.25, 0.3) is 0 Å². The fourth-order valence-corrected chi connectivity index (χ4v) is 2.21. The van der Waals surface area contributed by atoms with Crippen molar-refractivity contribution in [3.05, 3.63) is 35.5 Å². The van der Waals surface area contributed by atoms with Gasteiger partial charge in [0.15, 0.2) is 5.82 Å². The van der Waals surface area contributed by atoms with Crippen molar-refractivity contribution >= 4 is 29.2 Å². The average molecular weight is 263 g/mol. The van der Waals surface area contributed by atoms with Crippen LogP contribution in [0.5, 0.6) is 0 Å². The zero-order valence-electron chi connectivity index (χ0n) is 10.0. The van der Waals surface area contributed by atoms with E-state index in [-0.39, 0.29) is 5.56 Å². The molecule has 5 nitrogen and oxygen atoms in total. The molecule has 0 fully saturated rings. The van der Waals surface area contributed by atoms with Crippen molar-refractivity contribution < 1.29 is 9.90 Å². The number of carboxylic acid groups (broad SMARTS) is 1. The molecular formula is C12H13N3O2S. The molecule has 0 bridgehead atoms. The molecule has 2 rings (SSSR count). The molecule has 18 heavy (non-hydrogen) atoms. The second kappa shape index (κ2) is 5.14. The van der Waals surface area contributed by atoms with Gasteiger partial charge < -0.3 is 10.4 Å². The van der Waals surface area contributed by atoms with E-state index in [1.165, 1.54) is 0 Å². The van der Waals surface area contributed by atoms with Gasteiger partial charge in [-0.15, -0.1) is 11.8 Å². The molecule has 0 aliphatic carbocycles. The highest BCUT2D eigenvalue weighted by Crippen LogP contribution is 2.28. The summed E-state index contributed by atoms with van der Waals surface area (Å²) in [6, 6.07) is 7.68. The molecule has 0 saturated heterocycles. The predicted molar refractivity (Wildman–Crippen MR) is 71.8 cm³/mol. The molecule has 0 radical (unpaired) electrons. The number of aromatic nitrogens is 2. The van der Waals surface area contributed by atoms with Crippen molar-refractivity contribution in [2.24, 2.45) is 0 Å². The highest BCUT2D eigenvalue weighted by atomic mass is 32.2. The quantitative estimate of drug-likeness (QED) is 0.739. The Morgan fingerprint density at radius 2 is 2.17 bits per heavy atom. The summed E-state index contributed by atoms with van der Waals surface area (Å²) in [5.74, 6) is -0.660. The van der Waals surface area contributed by atoms with Crippen LogP contribution in [0.25, 0.3) is 0 Å². The number of para-hydroxylation sites is 1. The monoisotopic (exact) mass is 263 g/mol. The van der Waals surface area contributed by atoms with E-state index >= 15 is 0 Å². The summed E-state index contributed by atoms with van der Waals surface area (Å²) < 4.78 is 0. The van der Waals surface area contributed by atoms with E-state index in [0.717, 1.165) is 10.6 Å². The van der Waals surface area contributed by atoms with E-state index in [2.05, 4.69) is 15.5 Å². The minimum atomic E-state index is -0.995. The first-order valence-electron chi connectivity index (χ1n) is 5.31. The fraction of sp³-hybridized carbons (Fsp3) is 0.167. The molecule has 0 atom stereocenters. The number of carboxylic acids is 1. The summed E-state index contributed by atoms with van der Waals surface area (Å²) in [6.45, 7) is 1.68. The first-order valence-corrected chi connectivity index (χ1v) is 6.54. The zero-order chi connectivity index (χ0) is 13.1. The van der Waals surface area contributed by atoms with E-state index in [1.807, 2.05) is 30.5 Å². The SMILES string of the molecule is CSc1ccccc1Nc1n[nH]c(C)c1C(=O)O. The maximum Gasteiger partial charge on any atom is 0.341 e. The highest BCUT2D eigenvalue weighted by Gasteiger charge is 2.17. The molecule has 0 aliphatic heterocycles. The van der Waals surface area contributed by atoms with Crippen molar-refractivity contribution in [2.45, 2.75) is 11.8 Å². The molecule has 0 spiro atoms. The van der Waals surface area contributed by atoms with Crippen LogP contribution in [0, 0.1) is 6.92 Å². The third-order valence-electron chi connectivity index (χ3n) is 2.52. The number of carbonyl (C=O) groups is 1. The molecule has 0 aliphatic rings. The number of thioether (sulfide) groups is 1. The summed E-state index contributed by atoms with van der Waals surface area (Å²) in [7, 11) is 0. The summed E-state index contributed by atoms with van der Waals surface area (Å²) in [5, 5.41) is 18.8.